The highest BCUT2D eigenvalue weighted by Crippen LogP contribution is 2.48. The first-order valence-corrected chi connectivity index (χ1v) is 9.77. The molecule has 2 fully saturated rings. The molecule has 2 atom stereocenters. The second kappa shape index (κ2) is 10.7. The molecule has 0 spiro atoms. The first-order valence-electron chi connectivity index (χ1n) is 9.77. The molecule has 6 nitrogen and oxygen atoms in total. The number of likely N-dealkylation sites (N-methyl/N-ethyl adjacent to an activating group) is 1. The summed E-state index contributed by atoms with van der Waals surface area (Å²) in [6.45, 7) is 4.65. The van der Waals surface area contributed by atoms with Gasteiger partial charge < -0.3 is 20.3 Å². The molecule has 0 heterocycles. The van der Waals surface area contributed by atoms with Gasteiger partial charge in [-0.3, -0.25) is 4.79 Å². The van der Waals surface area contributed by atoms with Crippen LogP contribution in [0.4, 0.5) is 0 Å². The molecular weight excluding hydrogens is 443 g/mol. The van der Waals surface area contributed by atoms with Gasteiger partial charge in [-0.1, -0.05) is 26.7 Å². The Balaban J connectivity index is 0.00000338. The number of hydrogen-bond donors (Lipinski definition) is 2. The number of halogens is 1. The summed E-state index contributed by atoms with van der Waals surface area (Å²) in [6.07, 6.45) is 8.34. The van der Waals surface area contributed by atoms with Crippen LogP contribution in [0.3, 0.4) is 0 Å². The summed E-state index contributed by atoms with van der Waals surface area (Å²) >= 11 is 0. The lowest BCUT2D eigenvalue weighted by Crippen LogP contribution is -2.65. The first-order chi connectivity index (χ1) is 12.0. The number of guanidine groups is 1. The van der Waals surface area contributed by atoms with Gasteiger partial charge in [-0.25, -0.2) is 4.99 Å². The second-order valence-electron chi connectivity index (χ2n) is 7.68. The Labute approximate surface area is 175 Å². The molecule has 2 aliphatic carbocycles. The zero-order valence-corrected chi connectivity index (χ0v) is 19.3. The molecule has 152 valence electrons. The highest BCUT2D eigenvalue weighted by Gasteiger charge is 2.53. The van der Waals surface area contributed by atoms with Gasteiger partial charge >= 0.3 is 0 Å². The fourth-order valence-electron chi connectivity index (χ4n) is 4.33. The smallest absolute Gasteiger partial charge is 0.243 e. The Bertz CT molecular complexity index is 474. The number of amides is 1. The van der Waals surface area contributed by atoms with Gasteiger partial charge in [-0.05, 0) is 32.1 Å². The SMILES string of the molecule is CCC1(CC)C(NC(=NCC(=O)N(C)C)NC2CCCC2)CC1OC.I. The van der Waals surface area contributed by atoms with Crippen molar-refractivity contribution in [1.82, 2.24) is 15.5 Å². The van der Waals surface area contributed by atoms with E-state index in [0.717, 1.165) is 25.2 Å². The zero-order chi connectivity index (χ0) is 18.4. The number of carbonyl (C=O) groups is 1. The number of nitrogens with one attached hydrogen (secondary N) is 2. The van der Waals surface area contributed by atoms with E-state index in [-0.39, 0.29) is 41.8 Å². The van der Waals surface area contributed by atoms with Crippen LogP contribution in [0, 0.1) is 5.41 Å². The standard InChI is InChI=1S/C19H36N4O2.HI/c1-6-19(7-2)15(12-16(19)25-5)22-18(20-13-17(24)23(3)4)21-14-10-8-9-11-14;/h14-16H,6-13H2,1-5H3,(H2,20,21,22);1H. The third kappa shape index (κ3) is 5.24. The van der Waals surface area contributed by atoms with E-state index in [2.05, 4.69) is 29.5 Å². The number of ether oxygens (including phenoxy) is 1. The fourth-order valence-corrected chi connectivity index (χ4v) is 4.33. The zero-order valence-electron chi connectivity index (χ0n) is 17.0. The molecule has 2 N–H and O–H groups in total. The first kappa shape index (κ1) is 23.5. The van der Waals surface area contributed by atoms with E-state index < -0.39 is 0 Å². The molecule has 1 amide bonds. The summed E-state index contributed by atoms with van der Waals surface area (Å²) in [6, 6.07) is 0.811. The minimum atomic E-state index is 0. The lowest BCUT2D eigenvalue weighted by molar-refractivity contribution is -0.127. The van der Waals surface area contributed by atoms with Gasteiger partial charge in [0, 0.05) is 38.7 Å². The van der Waals surface area contributed by atoms with Crippen LogP contribution in [-0.4, -0.2) is 62.7 Å². The number of hydrogen-bond acceptors (Lipinski definition) is 3. The van der Waals surface area contributed by atoms with E-state index in [1.807, 2.05) is 7.11 Å². The molecule has 0 aromatic carbocycles. The molecule has 0 radical (unpaired) electrons. The van der Waals surface area contributed by atoms with E-state index in [0.29, 0.717) is 18.2 Å². The second-order valence-corrected chi connectivity index (χ2v) is 7.68. The van der Waals surface area contributed by atoms with Crippen LogP contribution in [-0.2, 0) is 9.53 Å². The van der Waals surface area contributed by atoms with Crippen molar-refractivity contribution in [2.24, 2.45) is 10.4 Å². The lowest BCUT2D eigenvalue weighted by Gasteiger charge is -2.55. The number of nitrogens with zero attached hydrogens (tertiary/aromatic N) is 2. The van der Waals surface area contributed by atoms with Crippen molar-refractivity contribution in [1.29, 1.82) is 0 Å². The van der Waals surface area contributed by atoms with Crippen LogP contribution < -0.4 is 10.6 Å². The molecule has 26 heavy (non-hydrogen) atoms. The van der Waals surface area contributed by atoms with E-state index in [9.17, 15) is 4.79 Å². The molecule has 2 rings (SSSR count). The minimum absolute atomic E-state index is 0. The molecule has 0 saturated heterocycles. The normalized spacial score (nSPS) is 25.2. The Hall–Kier alpha value is -0.570. The van der Waals surface area contributed by atoms with Crippen LogP contribution >= 0.6 is 24.0 Å². The summed E-state index contributed by atoms with van der Waals surface area (Å²) in [4.78, 5) is 18.1. The third-order valence-electron chi connectivity index (χ3n) is 6.26. The third-order valence-corrected chi connectivity index (χ3v) is 6.26. The Morgan fingerprint density at radius 1 is 1.19 bits per heavy atom. The molecule has 0 bridgehead atoms. The summed E-state index contributed by atoms with van der Waals surface area (Å²) in [5.41, 5.74) is 0.151. The van der Waals surface area contributed by atoms with Crippen LogP contribution in [0.25, 0.3) is 0 Å². The lowest BCUT2D eigenvalue weighted by atomic mass is 9.58. The highest BCUT2D eigenvalue weighted by atomic mass is 127. The molecule has 0 aliphatic heterocycles. The van der Waals surface area contributed by atoms with Crippen LogP contribution in [0.2, 0.25) is 0 Å². The topological polar surface area (TPSA) is 66.0 Å². The highest BCUT2D eigenvalue weighted by molar-refractivity contribution is 14.0. The minimum Gasteiger partial charge on any atom is -0.381 e. The summed E-state index contributed by atoms with van der Waals surface area (Å²) < 4.78 is 5.70. The van der Waals surface area contributed by atoms with Crippen molar-refractivity contribution >= 4 is 35.8 Å². The van der Waals surface area contributed by atoms with Gasteiger partial charge in [0.05, 0.1) is 6.10 Å². The van der Waals surface area contributed by atoms with Gasteiger partial charge in [0.1, 0.15) is 6.54 Å². The molecule has 2 unspecified atom stereocenters. The van der Waals surface area contributed by atoms with E-state index >= 15 is 0 Å². The summed E-state index contributed by atoms with van der Waals surface area (Å²) in [7, 11) is 5.34. The fraction of sp³-hybridized carbons (Fsp3) is 0.895. The average molecular weight is 480 g/mol. The maximum atomic E-state index is 11.9. The van der Waals surface area contributed by atoms with Crippen molar-refractivity contribution < 1.29 is 9.53 Å². The quantitative estimate of drug-likeness (QED) is 0.334. The number of aliphatic imine (C=N–C) groups is 1. The molecule has 7 heteroatoms. The summed E-state index contributed by atoms with van der Waals surface area (Å²) in [5.74, 6) is 0.807. The monoisotopic (exact) mass is 480 g/mol. The van der Waals surface area contributed by atoms with Gasteiger partial charge in [0.25, 0.3) is 0 Å². The van der Waals surface area contributed by atoms with Crippen LogP contribution in [0.1, 0.15) is 58.8 Å². The Morgan fingerprint density at radius 3 is 2.31 bits per heavy atom. The predicted molar refractivity (Wildman–Crippen MR) is 117 cm³/mol. The van der Waals surface area contributed by atoms with Gasteiger partial charge in [0.15, 0.2) is 5.96 Å². The molecule has 2 aliphatic rings. The van der Waals surface area contributed by atoms with Crippen molar-refractivity contribution in [3.8, 4) is 0 Å². The Kier molecular flexibility index (Phi) is 9.64. The molecular formula is C19H37IN4O2. The van der Waals surface area contributed by atoms with Gasteiger partial charge in [-0.15, -0.1) is 24.0 Å². The Morgan fingerprint density at radius 2 is 1.81 bits per heavy atom. The van der Waals surface area contributed by atoms with Crippen LogP contribution in [0.5, 0.6) is 0 Å². The summed E-state index contributed by atoms with van der Waals surface area (Å²) in [5, 5.41) is 7.18. The van der Waals surface area contributed by atoms with E-state index in [1.165, 1.54) is 25.7 Å². The number of rotatable bonds is 7. The van der Waals surface area contributed by atoms with Crippen molar-refractivity contribution in [3.05, 3.63) is 0 Å². The molecule has 0 aromatic rings. The average Bonchev–Trinajstić information content (AvgIpc) is 3.09. The van der Waals surface area contributed by atoms with Crippen molar-refractivity contribution in [2.75, 3.05) is 27.7 Å². The van der Waals surface area contributed by atoms with Crippen molar-refractivity contribution in [3.63, 3.8) is 0 Å². The number of methoxy groups -OCH3 is 1. The van der Waals surface area contributed by atoms with Crippen LogP contribution in [0.15, 0.2) is 4.99 Å². The molecule has 2 saturated carbocycles. The van der Waals surface area contributed by atoms with Crippen molar-refractivity contribution in [2.45, 2.75) is 77.0 Å². The number of carbonyl (C=O) groups excluding carboxylic acids is 1. The van der Waals surface area contributed by atoms with Gasteiger partial charge in [0.2, 0.25) is 5.91 Å². The maximum Gasteiger partial charge on any atom is 0.243 e. The van der Waals surface area contributed by atoms with E-state index in [1.54, 1.807) is 19.0 Å². The predicted octanol–water partition coefficient (Wildman–Crippen LogP) is 2.76. The van der Waals surface area contributed by atoms with E-state index in [4.69, 9.17) is 4.74 Å². The largest absolute Gasteiger partial charge is 0.381 e. The maximum absolute atomic E-state index is 11.9. The van der Waals surface area contributed by atoms with Gasteiger partial charge in [-0.2, -0.15) is 0 Å². The molecule has 0 aromatic heterocycles.